The Bertz CT molecular complexity index is 404. The van der Waals surface area contributed by atoms with Crippen LogP contribution < -0.4 is 0 Å². The Labute approximate surface area is 94.2 Å². The smallest absolute Gasteiger partial charge is 0.337 e. The lowest BCUT2D eigenvalue weighted by Crippen LogP contribution is -2.15. The minimum atomic E-state index is -1.69. The number of aliphatic hydroxyl groups is 1. The van der Waals surface area contributed by atoms with E-state index in [2.05, 4.69) is 0 Å². The minimum Gasteiger partial charge on any atom is -0.507 e. The molecule has 1 aromatic rings. The van der Waals surface area contributed by atoms with Gasteiger partial charge in [-0.15, -0.1) is 0 Å². The zero-order chi connectivity index (χ0) is 12.5. The minimum absolute atomic E-state index is 0.0277. The van der Waals surface area contributed by atoms with Gasteiger partial charge in [0.05, 0.1) is 0 Å². The molecule has 0 spiro atoms. The molecule has 0 heterocycles. The Morgan fingerprint density at radius 1 is 1.31 bits per heavy atom. The largest absolute Gasteiger partial charge is 0.507 e. The summed E-state index contributed by atoms with van der Waals surface area (Å²) in [5.41, 5.74) is 0.337. The van der Waals surface area contributed by atoms with Crippen LogP contribution in [0.3, 0.4) is 0 Å². The van der Waals surface area contributed by atoms with E-state index in [1.807, 2.05) is 20.8 Å². The molecule has 1 unspecified atom stereocenters. The fourth-order valence-corrected chi connectivity index (χ4v) is 1.52. The number of phenols is 1. The standard InChI is InChI=1S/C12H16O4/c1-12(2,3)8-6-4-5-7(9(8)13)10(14)11(15)16/h4-6,10,13-14H,1-3H3,(H,15,16). The second-order valence-electron chi connectivity index (χ2n) is 4.73. The molecule has 0 aliphatic carbocycles. The molecule has 16 heavy (non-hydrogen) atoms. The van der Waals surface area contributed by atoms with Gasteiger partial charge in [-0.1, -0.05) is 39.0 Å². The summed E-state index contributed by atoms with van der Waals surface area (Å²) in [6, 6.07) is 4.75. The summed E-state index contributed by atoms with van der Waals surface area (Å²) >= 11 is 0. The molecule has 1 rings (SSSR count). The predicted molar refractivity (Wildman–Crippen MR) is 59.4 cm³/mol. The van der Waals surface area contributed by atoms with Crippen LogP contribution in [0.25, 0.3) is 0 Å². The maximum atomic E-state index is 10.7. The van der Waals surface area contributed by atoms with E-state index in [9.17, 15) is 15.0 Å². The van der Waals surface area contributed by atoms with Crippen molar-refractivity contribution < 1.29 is 20.1 Å². The van der Waals surface area contributed by atoms with Gasteiger partial charge in [0.2, 0.25) is 0 Å². The number of benzene rings is 1. The lowest BCUT2D eigenvalue weighted by atomic mass is 9.84. The summed E-state index contributed by atoms with van der Waals surface area (Å²) in [6.07, 6.45) is -1.69. The topological polar surface area (TPSA) is 77.8 Å². The molecule has 0 aromatic heterocycles. The van der Waals surface area contributed by atoms with Gasteiger partial charge in [0.15, 0.2) is 6.10 Å². The predicted octanol–water partition coefficient (Wildman–Crippen LogP) is 1.81. The van der Waals surface area contributed by atoms with E-state index in [1.54, 1.807) is 12.1 Å². The van der Waals surface area contributed by atoms with Crippen molar-refractivity contribution in [2.45, 2.75) is 32.3 Å². The molecule has 4 nitrogen and oxygen atoms in total. The summed E-state index contributed by atoms with van der Waals surface area (Å²) in [4.78, 5) is 10.7. The Morgan fingerprint density at radius 3 is 2.31 bits per heavy atom. The number of rotatable bonds is 2. The molecular weight excluding hydrogens is 208 g/mol. The van der Waals surface area contributed by atoms with Gasteiger partial charge >= 0.3 is 5.97 Å². The summed E-state index contributed by atoms with van der Waals surface area (Å²) in [5.74, 6) is -1.52. The molecular formula is C12H16O4. The maximum Gasteiger partial charge on any atom is 0.337 e. The summed E-state index contributed by atoms with van der Waals surface area (Å²) in [5, 5.41) is 28.0. The molecule has 0 amide bonds. The van der Waals surface area contributed by atoms with Crippen molar-refractivity contribution in [1.82, 2.24) is 0 Å². The third kappa shape index (κ3) is 2.33. The van der Waals surface area contributed by atoms with Crippen molar-refractivity contribution in [3.05, 3.63) is 29.3 Å². The van der Waals surface area contributed by atoms with Gasteiger partial charge in [0, 0.05) is 5.56 Å². The van der Waals surface area contributed by atoms with Crippen LogP contribution in [0.15, 0.2) is 18.2 Å². The van der Waals surface area contributed by atoms with E-state index in [4.69, 9.17) is 5.11 Å². The van der Waals surface area contributed by atoms with Gasteiger partial charge in [-0.05, 0) is 11.0 Å². The van der Waals surface area contributed by atoms with E-state index < -0.39 is 12.1 Å². The lowest BCUT2D eigenvalue weighted by Gasteiger charge is -2.22. The van der Waals surface area contributed by atoms with Crippen molar-refractivity contribution >= 4 is 5.97 Å². The van der Waals surface area contributed by atoms with Gasteiger partial charge in [-0.2, -0.15) is 0 Å². The average molecular weight is 224 g/mol. The van der Waals surface area contributed by atoms with Crippen LogP contribution in [0.1, 0.15) is 38.0 Å². The summed E-state index contributed by atoms with van der Waals surface area (Å²) in [6.45, 7) is 5.71. The second kappa shape index (κ2) is 4.14. The number of phenolic OH excluding ortho intramolecular Hbond substituents is 1. The Hall–Kier alpha value is -1.55. The van der Waals surface area contributed by atoms with Crippen molar-refractivity contribution in [2.24, 2.45) is 0 Å². The highest BCUT2D eigenvalue weighted by Gasteiger charge is 2.25. The molecule has 1 atom stereocenters. The molecule has 0 saturated heterocycles. The zero-order valence-corrected chi connectivity index (χ0v) is 9.56. The second-order valence-corrected chi connectivity index (χ2v) is 4.73. The van der Waals surface area contributed by atoms with E-state index in [0.29, 0.717) is 5.56 Å². The first-order valence-corrected chi connectivity index (χ1v) is 4.98. The first kappa shape index (κ1) is 12.5. The number of carboxylic acids is 1. The number of para-hydroxylation sites is 1. The van der Waals surface area contributed by atoms with Crippen molar-refractivity contribution in [3.63, 3.8) is 0 Å². The van der Waals surface area contributed by atoms with Crippen LogP contribution in [0.4, 0.5) is 0 Å². The van der Waals surface area contributed by atoms with Gasteiger partial charge in [0.1, 0.15) is 5.75 Å². The molecule has 4 heteroatoms. The third-order valence-electron chi connectivity index (χ3n) is 2.40. The summed E-state index contributed by atoms with van der Waals surface area (Å²) in [7, 11) is 0. The number of carbonyl (C=O) groups is 1. The molecule has 0 aliphatic heterocycles. The Kier molecular flexibility index (Phi) is 3.24. The first-order valence-electron chi connectivity index (χ1n) is 4.98. The fourth-order valence-electron chi connectivity index (χ4n) is 1.52. The molecule has 3 N–H and O–H groups in total. The van der Waals surface area contributed by atoms with E-state index in [1.165, 1.54) is 6.07 Å². The van der Waals surface area contributed by atoms with E-state index >= 15 is 0 Å². The highest BCUT2D eigenvalue weighted by Crippen LogP contribution is 2.35. The van der Waals surface area contributed by atoms with Crippen molar-refractivity contribution in [1.29, 1.82) is 0 Å². The SMILES string of the molecule is CC(C)(C)c1cccc(C(O)C(=O)O)c1O. The zero-order valence-electron chi connectivity index (χ0n) is 9.56. The van der Waals surface area contributed by atoms with Crippen LogP contribution >= 0.6 is 0 Å². The van der Waals surface area contributed by atoms with E-state index in [0.717, 1.165) is 0 Å². The number of aliphatic hydroxyl groups excluding tert-OH is 1. The van der Waals surface area contributed by atoms with Gasteiger partial charge < -0.3 is 15.3 Å². The van der Waals surface area contributed by atoms with Gasteiger partial charge in [0.25, 0.3) is 0 Å². The highest BCUT2D eigenvalue weighted by atomic mass is 16.4. The molecule has 88 valence electrons. The molecule has 0 aliphatic rings. The van der Waals surface area contributed by atoms with Crippen LogP contribution in [0.2, 0.25) is 0 Å². The molecule has 0 bridgehead atoms. The molecule has 1 aromatic carbocycles. The Balaban J connectivity index is 3.30. The number of aromatic hydroxyl groups is 1. The lowest BCUT2D eigenvalue weighted by molar-refractivity contribution is -0.147. The number of carboxylic acid groups (broad SMARTS) is 1. The maximum absolute atomic E-state index is 10.7. The van der Waals surface area contributed by atoms with Crippen molar-refractivity contribution in [2.75, 3.05) is 0 Å². The fraction of sp³-hybridized carbons (Fsp3) is 0.417. The number of hydrogen-bond donors (Lipinski definition) is 3. The number of hydrogen-bond acceptors (Lipinski definition) is 3. The van der Waals surface area contributed by atoms with Crippen LogP contribution in [0, 0.1) is 0 Å². The van der Waals surface area contributed by atoms with Crippen molar-refractivity contribution in [3.8, 4) is 5.75 Å². The molecule has 0 fully saturated rings. The van der Waals surface area contributed by atoms with Gasteiger partial charge in [-0.25, -0.2) is 4.79 Å². The van der Waals surface area contributed by atoms with Crippen LogP contribution in [-0.2, 0) is 10.2 Å². The van der Waals surface area contributed by atoms with E-state index in [-0.39, 0.29) is 16.7 Å². The number of aliphatic carboxylic acids is 1. The Morgan fingerprint density at radius 2 is 1.88 bits per heavy atom. The molecule has 0 saturated carbocycles. The monoisotopic (exact) mass is 224 g/mol. The average Bonchev–Trinajstić information content (AvgIpc) is 2.15. The highest BCUT2D eigenvalue weighted by molar-refractivity contribution is 5.75. The van der Waals surface area contributed by atoms with Crippen LogP contribution in [0.5, 0.6) is 5.75 Å². The van der Waals surface area contributed by atoms with Crippen LogP contribution in [-0.4, -0.2) is 21.3 Å². The quantitative estimate of drug-likeness (QED) is 0.716. The first-order chi connectivity index (χ1) is 7.25. The molecule has 0 radical (unpaired) electrons. The third-order valence-corrected chi connectivity index (χ3v) is 2.40. The summed E-state index contributed by atoms with van der Waals surface area (Å²) < 4.78 is 0. The van der Waals surface area contributed by atoms with Gasteiger partial charge in [-0.3, -0.25) is 0 Å². The normalized spacial score (nSPS) is 13.5.